The molecule has 0 saturated heterocycles. The average molecular weight is 287 g/mol. The Morgan fingerprint density at radius 3 is 2.58 bits per heavy atom. The SMILES string of the molecule is CC(C)c1cc(C(=O)NC[C@H](O)C(=O)O)cc(Cl)n1. The van der Waals surface area contributed by atoms with E-state index in [9.17, 15) is 9.59 Å². The van der Waals surface area contributed by atoms with Gasteiger partial charge >= 0.3 is 5.97 Å². The summed E-state index contributed by atoms with van der Waals surface area (Å²) >= 11 is 5.82. The summed E-state index contributed by atoms with van der Waals surface area (Å²) in [5.41, 5.74) is 0.942. The van der Waals surface area contributed by atoms with Crippen LogP contribution >= 0.6 is 11.6 Å². The monoisotopic (exact) mass is 286 g/mol. The Balaban J connectivity index is 2.79. The van der Waals surface area contributed by atoms with Gasteiger partial charge in [-0.2, -0.15) is 0 Å². The summed E-state index contributed by atoms with van der Waals surface area (Å²) in [5, 5.41) is 20.1. The number of carboxylic acids is 1. The molecule has 0 saturated carbocycles. The van der Waals surface area contributed by atoms with E-state index in [0.717, 1.165) is 0 Å². The van der Waals surface area contributed by atoms with Gasteiger partial charge in [0.15, 0.2) is 6.10 Å². The van der Waals surface area contributed by atoms with Crippen LogP contribution in [0.4, 0.5) is 0 Å². The average Bonchev–Trinajstić information content (AvgIpc) is 2.34. The molecule has 0 spiro atoms. The highest BCUT2D eigenvalue weighted by molar-refractivity contribution is 6.29. The summed E-state index contributed by atoms with van der Waals surface area (Å²) in [6.07, 6.45) is -1.63. The van der Waals surface area contributed by atoms with Crippen LogP contribution in [0.5, 0.6) is 0 Å². The fraction of sp³-hybridized carbons (Fsp3) is 0.417. The number of halogens is 1. The highest BCUT2D eigenvalue weighted by atomic mass is 35.5. The number of aromatic nitrogens is 1. The number of nitrogens with zero attached hydrogens (tertiary/aromatic N) is 1. The number of carbonyl (C=O) groups excluding carboxylic acids is 1. The van der Waals surface area contributed by atoms with Gasteiger partial charge in [-0.3, -0.25) is 4.79 Å². The third kappa shape index (κ3) is 4.50. The van der Waals surface area contributed by atoms with Crippen molar-refractivity contribution >= 4 is 23.5 Å². The number of pyridine rings is 1. The number of hydrogen-bond donors (Lipinski definition) is 3. The Kier molecular flexibility index (Phi) is 5.26. The summed E-state index contributed by atoms with van der Waals surface area (Å²) in [6, 6.07) is 2.97. The second kappa shape index (κ2) is 6.49. The van der Waals surface area contributed by atoms with Crippen LogP contribution in [0.1, 0.15) is 35.8 Å². The maximum Gasteiger partial charge on any atom is 0.334 e. The third-order valence-corrected chi connectivity index (χ3v) is 2.60. The minimum atomic E-state index is -1.63. The Morgan fingerprint density at radius 2 is 2.05 bits per heavy atom. The highest BCUT2D eigenvalue weighted by Crippen LogP contribution is 2.17. The zero-order chi connectivity index (χ0) is 14.6. The first kappa shape index (κ1) is 15.4. The van der Waals surface area contributed by atoms with E-state index >= 15 is 0 Å². The van der Waals surface area contributed by atoms with E-state index < -0.39 is 18.0 Å². The van der Waals surface area contributed by atoms with E-state index in [-0.39, 0.29) is 23.2 Å². The quantitative estimate of drug-likeness (QED) is 0.702. The first-order valence-electron chi connectivity index (χ1n) is 5.67. The highest BCUT2D eigenvalue weighted by Gasteiger charge is 2.16. The molecule has 1 aromatic heterocycles. The molecule has 104 valence electrons. The number of amides is 1. The number of aliphatic hydroxyl groups is 1. The van der Waals surface area contributed by atoms with Crippen LogP contribution in [0.2, 0.25) is 5.15 Å². The Hall–Kier alpha value is -1.66. The lowest BCUT2D eigenvalue weighted by Gasteiger charge is -2.10. The second-order valence-corrected chi connectivity index (χ2v) is 4.71. The van der Waals surface area contributed by atoms with E-state index in [0.29, 0.717) is 5.69 Å². The fourth-order valence-corrected chi connectivity index (χ4v) is 1.54. The lowest BCUT2D eigenvalue weighted by Crippen LogP contribution is -2.36. The fourth-order valence-electron chi connectivity index (χ4n) is 1.32. The van der Waals surface area contributed by atoms with Crippen LogP contribution in [0, 0.1) is 0 Å². The summed E-state index contributed by atoms with van der Waals surface area (Å²) in [4.78, 5) is 26.3. The normalized spacial score (nSPS) is 12.3. The molecule has 3 N–H and O–H groups in total. The van der Waals surface area contributed by atoms with Crippen LogP contribution in [0.25, 0.3) is 0 Å². The maximum absolute atomic E-state index is 11.8. The molecule has 1 amide bonds. The molecule has 1 rings (SSSR count). The minimum absolute atomic E-state index is 0.106. The van der Waals surface area contributed by atoms with Crippen molar-refractivity contribution in [1.82, 2.24) is 10.3 Å². The van der Waals surface area contributed by atoms with E-state index in [4.69, 9.17) is 21.8 Å². The third-order valence-electron chi connectivity index (χ3n) is 2.41. The molecule has 0 aromatic carbocycles. The van der Waals surface area contributed by atoms with Crippen molar-refractivity contribution in [3.05, 3.63) is 28.5 Å². The molecule has 0 unspecified atom stereocenters. The number of nitrogens with one attached hydrogen (secondary N) is 1. The van der Waals surface area contributed by atoms with Crippen LogP contribution in [-0.2, 0) is 4.79 Å². The summed E-state index contributed by atoms with van der Waals surface area (Å²) < 4.78 is 0. The van der Waals surface area contributed by atoms with Crippen LogP contribution in [0.3, 0.4) is 0 Å². The Labute approximate surface area is 115 Å². The molecule has 6 nitrogen and oxygen atoms in total. The van der Waals surface area contributed by atoms with Gasteiger partial charge in [0.25, 0.3) is 5.91 Å². The minimum Gasteiger partial charge on any atom is -0.479 e. The lowest BCUT2D eigenvalue weighted by atomic mass is 10.1. The van der Waals surface area contributed by atoms with Crippen molar-refractivity contribution < 1.29 is 19.8 Å². The van der Waals surface area contributed by atoms with Gasteiger partial charge in [0.05, 0.1) is 6.54 Å². The van der Waals surface area contributed by atoms with Crippen LogP contribution in [0.15, 0.2) is 12.1 Å². The molecule has 0 aliphatic heterocycles. The Bertz CT molecular complexity index is 491. The van der Waals surface area contributed by atoms with E-state index in [1.54, 1.807) is 6.07 Å². The molecule has 0 radical (unpaired) electrons. The molecule has 0 fully saturated rings. The van der Waals surface area contributed by atoms with E-state index in [1.807, 2.05) is 13.8 Å². The van der Waals surface area contributed by atoms with Crippen molar-refractivity contribution in [2.24, 2.45) is 0 Å². The first-order valence-corrected chi connectivity index (χ1v) is 6.05. The molecule has 7 heteroatoms. The molecule has 1 heterocycles. The van der Waals surface area contributed by atoms with Gasteiger partial charge in [-0.05, 0) is 18.1 Å². The largest absolute Gasteiger partial charge is 0.479 e. The summed E-state index contributed by atoms with van der Waals surface area (Å²) in [5.74, 6) is -1.79. The van der Waals surface area contributed by atoms with E-state index in [1.165, 1.54) is 6.07 Å². The molecule has 19 heavy (non-hydrogen) atoms. The molecular weight excluding hydrogens is 272 g/mol. The number of aliphatic carboxylic acids is 1. The molecule has 1 aromatic rings. The van der Waals surface area contributed by atoms with Crippen molar-refractivity contribution in [1.29, 1.82) is 0 Å². The zero-order valence-electron chi connectivity index (χ0n) is 10.6. The molecule has 0 aliphatic rings. The predicted molar refractivity (Wildman–Crippen MR) is 69.3 cm³/mol. The number of hydrogen-bond acceptors (Lipinski definition) is 4. The van der Waals surface area contributed by atoms with Gasteiger partial charge in [-0.1, -0.05) is 25.4 Å². The van der Waals surface area contributed by atoms with Gasteiger partial charge in [0.2, 0.25) is 0 Å². The van der Waals surface area contributed by atoms with Gasteiger partial charge in [-0.25, -0.2) is 9.78 Å². The van der Waals surface area contributed by atoms with Gasteiger partial charge < -0.3 is 15.5 Å². The Morgan fingerprint density at radius 1 is 1.42 bits per heavy atom. The standard InChI is InChI=1S/C12H15ClN2O4/c1-6(2)8-3-7(4-10(13)15-8)11(17)14-5-9(16)12(18)19/h3-4,6,9,16H,5H2,1-2H3,(H,14,17)(H,18,19)/t9-/m0/s1. The van der Waals surface area contributed by atoms with Crippen molar-refractivity contribution in [2.45, 2.75) is 25.9 Å². The molecule has 1 atom stereocenters. The van der Waals surface area contributed by atoms with Crippen molar-refractivity contribution in [3.63, 3.8) is 0 Å². The molecule has 0 bridgehead atoms. The van der Waals surface area contributed by atoms with Crippen molar-refractivity contribution in [2.75, 3.05) is 6.54 Å². The predicted octanol–water partition coefficient (Wildman–Crippen LogP) is 1.03. The zero-order valence-corrected chi connectivity index (χ0v) is 11.3. The van der Waals surface area contributed by atoms with Gasteiger partial charge in [0, 0.05) is 11.3 Å². The number of aliphatic hydroxyl groups excluding tert-OH is 1. The van der Waals surface area contributed by atoms with Crippen LogP contribution in [-0.4, -0.2) is 39.7 Å². The van der Waals surface area contributed by atoms with Crippen LogP contribution < -0.4 is 5.32 Å². The number of rotatable bonds is 5. The lowest BCUT2D eigenvalue weighted by molar-refractivity contribution is -0.146. The summed E-state index contributed by atoms with van der Waals surface area (Å²) in [6.45, 7) is 3.45. The van der Waals surface area contributed by atoms with Gasteiger partial charge in [0.1, 0.15) is 5.15 Å². The van der Waals surface area contributed by atoms with Crippen molar-refractivity contribution in [3.8, 4) is 0 Å². The molecule has 0 aliphatic carbocycles. The topological polar surface area (TPSA) is 99.5 Å². The van der Waals surface area contributed by atoms with Gasteiger partial charge in [-0.15, -0.1) is 0 Å². The first-order chi connectivity index (χ1) is 8.81. The second-order valence-electron chi connectivity index (χ2n) is 4.32. The number of carboxylic acid groups (broad SMARTS) is 1. The maximum atomic E-state index is 11.8. The number of carbonyl (C=O) groups is 2. The molecular formula is C12H15ClN2O4. The smallest absolute Gasteiger partial charge is 0.334 e. The van der Waals surface area contributed by atoms with E-state index in [2.05, 4.69) is 10.3 Å². The summed E-state index contributed by atoms with van der Waals surface area (Å²) in [7, 11) is 0.